The zero-order valence-corrected chi connectivity index (χ0v) is 17.5. The van der Waals surface area contributed by atoms with Crippen LogP contribution in [0.1, 0.15) is 46.5 Å². The average molecular weight is 423 g/mol. The number of methoxy groups -OCH3 is 1. The number of halogens is 2. The molecule has 5 nitrogen and oxygen atoms in total. The van der Waals surface area contributed by atoms with Crippen molar-refractivity contribution in [2.75, 3.05) is 26.9 Å². The number of esters is 1. The molecular weight excluding hydrogens is 399 g/mol. The second-order valence-electron chi connectivity index (χ2n) is 6.24. The van der Waals surface area contributed by atoms with Crippen LogP contribution in [-0.4, -0.2) is 38.1 Å². The highest BCUT2D eigenvalue weighted by Gasteiger charge is 2.19. The first-order valence-corrected chi connectivity index (χ1v) is 9.76. The van der Waals surface area contributed by atoms with Crippen LogP contribution in [0.25, 0.3) is 11.1 Å². The highest BCUT2D eigenvalue weighted by atomic mass is 35.5. The van der Waals surface area contributed by atoms with Crippen molar-refractivity contribution in [1.82, 2.24) is 0 Å². The molecule has 0 aliphatic rings. The third-order valence-corrected chi connectivity index (χ3v) is 4.52. The van der Waals surface area contributed by atoms with Crippen LogP contribution >= 0.6 is 11.6 Å². The Hall–Kier alpha value is -2.44. The first kappa shape index (κ1) is 22.8. The van der Waals surface area contributed by atoms with E-state index in [1.165, 1.54) is 24.3 Å². The van der Waals surface area contributed by atoms with Gasteiger partial charge in [0.05, 0.1) is 18.8 Å². The summed E-state index contributed by atoms with van der Waals surface area (Å²) in [4.78, 5) is 23.9. The van der Waals surface area contributed by atoms with Gasteiger partial charge in [0.2, 0.25) is 0 Å². The number of rotatable bonds is 10. The van der Waals surface area contributed by atoms with Crippen LogP contribution in [0, 0.1) is 5.82 Å². The Morgan fingerprint density at radius 3 is 2.45 bits per heavy atom. The van der Waals surface area contributed by atoms with Crippen LogP contribution in [0.5, 0.6) is 5.75 Å². The fourth-order valence-corrected chi connectivity index (χ4v) is 3.06. The van der Waals surface area contributed by atoms with Crippen molar-refractivity contribution < 1.29 is 28.2 Å². The van der Waals surface area contributed by atoms with Crippen molar-refractivity contribution in [3.05, 3.63) is 52.8 Å². The number of aryl methyl sites for hydroxylation is 1. The fourth-order valence-electron chi connectivity index (χ4n) is 2.89. The zero-order chi connectivity index (χ0) is 21.4. The predicted molar refractivity (Wildman–Crippen MR) is 109 cm³/mol. The molecule has 0 unspecified atom stereocenters. The lowest BCUT2D eigenvalue weighted by molar-refractivity contribution is 0.0526. The molecule has 0 aliphatic heterocycles. The van der Waals surface area contributed by atoms with Crippen molar-refractivity contribution in [2.45, 2.75) is 26.7 Å². The molecule has 2 aromatic rings. The van der Waals surface area contributed by atoms with Gasteiger partial charge in [0.1, 0.15) is 11.6 Å². The smallest absolute Gasteiger partial charge is 0.338 e. The number of ether oxygens (including phenoxy) is 3. The molecule has 0 atom stereocenters. The summed E-state index contributed by atoms with van der Waals surface area (Å²) in [5.41, 5.74) is 1.81. The fraction of sp³-hybridized carbons (Fsp3) is 0.364. The Morgan fingerprint density at radius 2 is 1.83 bits per heavy atom. The molecule has 2 rings (SSSR count). The van der Waals surface area contributed by atoms with Gasteiger partial charge in [0.15, 0.2) is 0 Å². The van der Waals surface area contributed by atoms with E-state index in [4.69, 9.17) is 25.8 Å². The monoisotopic (exact) mass is 422 g/mol. The molecule has 0 N–H and O–H groups in total. The maximum Gasteiger partial charge on any atom is 0.338 e. The third kappa shape index (κ3) is 5.78. The lowest BCUT2D eigenvalue weighted by atomic mass is 9.95. The summed E-state index contributed by atoms with van der Waals surface area (Å²) in [6.07, 6.45) is 1.13. The number of benzene rings is 2. The van der Waals surface area contributed by atoms with Crippen molar-refractivity contribution >= 4 is 22.8 Å². The summed E-state index contributed by atoms with van der Waals surface area (Å²) >= 11 is 5.72. The molecule has 29 heavy (non-hydrogen) atoms. The molecule has 0 radical (unpaired) electrons. The molecule has 7 heteroatoms. The van der Waals surface area contributed by atoms with Gasteiger partial charge in [0, 0.05) is 36.8 Å². The SMILES string of the molecule is CCOC(=O)c1ccc(F)c(-c2cc(CC)c(C(=O)Cl)cc2OCCCOC)c1. The van der Waals surface area contributed by atoms with Crippen LogP contribution in [0.4, 0.5) is 4.39 Å². The lowest BCUT2D eigenvalue weighted by Gasteiger charge is -2.16. The van der Waals surface area contributed by atoms with E-state index in [9.17, 15) is 14.0 Å². The molecule has 0 bridgehead atoms. The van der Waals surface area contributed by atoms with Crippen LogP contribution < -0.4 is 4.74 Å². The minimum atomic E-state index is -0.615. The van der Waals surface area contributed by atoms with Gasteiger partial charge < -0.3 is 14.2 Å². The normalized spacial score (nSPS) is 10.7. The summed E-state index contributed by atoms with van der Waals surface area (Å²) in [7, 11) is 1.59. The topological polar surface area (TPSA) is 61.8 Å². The Bertz CT molecular complexity index is 882. The molecule has 0 saturated heterocycles. The molecule has 0 aliphatic carbocycles. The minimum Gasteiger partial charge on any atom is -0.493 e. The van der Waals surface area contributed by atoms with E-state index in [-0.39, 0.29) is 17.7 Å². The van der Waals surface area contributed by atoms with Crippen molar-refractivity contribution in [3.63, 3.8) is 0 Å². The molecule has 0 spiro atoms. The molecule has 0 aromatic heterocycles. The van der Waals surface area contributed by atoms with Crippen LogP contribution in [0.15, 0.2) is 30.3 Å². The number of hydrogen-bond donors (Lipinski definition) is 0. The van der Waals surface area contributed by atoms with Gasteiger partial charge in [0.25, 0.3) is 5.24 Å². The van der Waals surface area contributed by atoms with Gasteiger partial charge >= 0.3 is 5.97 Å². The molecule has 0 saturated carbocycles. The Labute approximate surface area is 174 Å². The maximum atomic E-state index is 14.7. The van der Waals surface area contributed by atoms with Gasteiger partial charge in [-0.05, 0) is 60.8 Å². The van der Waals surface area contributed by atoms with Crippen LogP contribution in [0.2, 0.25) is 0 Å². The van der Waals surface area contributed by atoms with E-state index < -0.39 is 17.0 Å². The molecule has 156 valence electrons. The quantitative estimate of drug-likeness (QED) is 0.305. The summed E-state index contributed by atoms with van der Waals surface area (Å²) in [6.45, 7) is 4.58. The minimum absolute atomic E-state index is 0.181. The van der Waals surface area contributed by atoms with Crippen LogP contribution in [0.3, 0.4) is 0 Å². The second kappa shape index (κ2) is 10.9. The van der Waals surface area contributed by atoms with Gasteiger partial charge in [-0.25, -0.2) is 9.18 Å². The van der Waals surface area contributed by atoms with Gasteiger partial charge in [-0.2, -0.15) is 0 Å². The van der Waals surface area contributed by atoms with E-state index in [0.29, 0.717) is 48.5 Å². The highest BCUT2D eigenvalue weighted by Crippen LogP contribution is 2.36. The number of hydrogen-bond acceptors (Lipinski definition) is 5. The molecule has 0 amide bonds. The lowest BCUT2D eigenvalue weighted by Crippen LogP contribution is -2.07. The molecule has 2 aromatic carbocycles. The van der Waals surface area contributed by atoms with E-state index in [2.05, 4.69) is 0 Å². The molecule has 0 heterocycles. The Kier molecular flexibility index (Phi) is 8.61. The van der Waals surface area contributed by atoms with Crippen molar-refractivity contribution in [1.29, 1.82) is 0 Å². The first-order chi connectivity index (χ1) is 13.9. The van der Waals surface area contributed by atoms with E-state index in [1.807, 2.05) is 6.92 Å². The van der Waals surface area contributed by atoms with Gasteiger partial charge in [-0.15, -0.1) is 0 Å². The summed E-state index contributed by atoms with van der Waals surface area (Å²) in [6, 6.07) is 7.20. The highest BCUT2D eigenvalue weighted by molar-refractivity contribution is 6.68. The van der Waals surface area contributed by atoms with E-state index >= 15 is 0 Å². The second-order valence-corrected chi connectivity index (χ2v) is 6.59. The number of carbonyl (C=O) groups excluding carboxylic acids is 2. The van der Waals surface area contributed by atoms with Gasteiger partial charge in [-0.3, -0.25) is 4.79 Å². The molecule has 0 fully saturated rings. The van der Waals surface area contributed by atoms with Crippen molar-refractivity contribution in [2.24, 2.45) is 0 Å². The summed E-state index contributed by atoms with van der Waals surface area (Å²) in [5, 5.41) is -0.615. The summed E-state index contributed by atoms with van der Waals surface area (Å²) in [5.74, 6) is -0.756. The van der Waals surface area contributed by atoms with Crippen LogP contribution in [-0.2, 0) is 15.9 Å². The van der Waals surface area contributed by atoms with E-state index in [0.717, 1.165) is 0 Å². The first-order valence-electron chi connectivity index (χ1n) is 9.38. The van der Waals surface area contributed by atoms with Crippen molar-refractivity contribution in [3.8, 4) is 16.9 Å². The standard InChI is InChI=1S/C22H24ClFO5/c1-4-14-11-18(17-12-15(7-8-19(17)24)22(26)28-5-2)20(13-16(14)21(23)25)29-10-6-9-27-3/h7-8,11-13H,4-6,9-10H2,1-3H3. The Balaban J connectivity index is 2.58. The maximum absolute atomic E-state index is 14.7. The predicted octanol–water partition coefficient (Wildman–Crippen LogP) is 5.03. The summed E-state index contributed by atoms with van der Waals surface area (Å²) < 4.78 is 30.5. The Morgan fingerprint density at radius 1 is 1.07 bits per heavy atom. The van der Waals surface area contributed by atoms with E-state index in [1.54, 1.807) is 20.1 Å². The number of carbonyl (C=O) groups is 2. The van der Waals surface area contributed by atoms with Gasteiger partial charge in [-0.1, -0.05) is 6.92 Å². The zero-order valence-electron chi connectivity index (χ0n) is 16.7. The molecular formula is C22H24ClFO5. The largest absolute Gasteiger partial charge is 0.493 e. The average Bonchev–Trinajstić information content (AvgIpc) is 2.71. The third-order valence-electron chi connectivity index (χ3n) is 4.32.